The Morgan fingerprint density at radius 1 is 1.10 bits per heavy atom. The van der Waals surface area contributed by atoms with Crippen LogP contribution in [0, 0.1) is 11.7 Å². The number of carboxylic acids is 1. The van der Waals surface area contributed by atoms with E-state index in [4.69, 9.17) is 0 Å². The smallest absolute Gasteiger partial charge is 0.338 e. The maximum absolute atomic E-state index is 13.1. The van der Waals surface area contributed by atoms with Crippen molar-refractivity contribution in [1.82, 2.24) is 4.90 Å². The van der Waals surface area contributed by atoms with Crippen LogP contribution >= 0.6 is 11.8 Å². The second-order valence-electron chi connectivity index (χ2n) is 7.95. The monoisotopic (exact) mass is 423 g/mol. The number of aryl methyl sites for hydroxylation is 1. The number of benzene rings is 2. The van der Waals surface area contributed by atoms with E-state index in [1.165, 1.54) is 23.3 Å². The molecule has 0 saturated carbocycles. The molecule has 2 aromatic rings. The average Bonchev–Trinajstić information content (AvgIpc) is 3.15. The molecule has 2 aliphatic rings. The highest BCUT2D eigenvalue weighted by Gasteiger charge is 2.27. The van der Waals surface area contributed by atoms with Gasteiger partial charge >= 0.3 is 5.97 Å². The molecule has 0 unspecified atom stereocenters. The summed E-state index contributed by atoms with van der Waals surface area (Å²) in [5, 5.41) is 10.6. The lowest BCUT2D eigenvalue weighted by atomic mass is 10.1. The lowest BCUT2D eigenvalue weighted by Crippen LogP contribution is -2.32. The SMILES string of the molecule is O=C(O)C1=C(SCCCc2ccc(F)cc2)N(CC2Cc3ccccc3C2)CC=C1. The Bertz CT molecular complexity index is 942. The molecule has 0 fully saturated rings. The summed E-state index contributed by atoms with van der Waals surface area (Å²) in [6.07, 6.45) is 7.58. The molecule has 1 aliphatic carbocycles. The van der Waals surface area contributed by atoms with Crippen molar-refractivity contribution < 1.29 is 14.3 Å². The molecule has 1 aliphatic heterocycles. The largest absolute Gasteiger partial charge is 0.478 e. The molecular weight excluding hydrogens is 397 g/mol. The molecule has 5 heteroatoms. The van der Waals surface area contributed by atoms with Gasteiger partial charge in [0.25, 0.3) is 0 Å². The Morgan fingerprint density at radius 3 is 2.47 bits per heavy atom. The van der Waals surface area contributed by atoms with Crippen molar-refractivity contribution in [2.45, 2.75) is 25.7 Å². The predicted molar refractivity (Wildman–Crippen MR) is 120 cm³/mol. The third-order valence-corrected chi connectivity index (χ3v) is 6.98. The third kappa shape index (κ3) is 4.96. The molecule has 4 rings (SSSR count). The van der Waals surface area contributed by atoms with Crippen LogP contribution < -0.4 is 0 Å². The molecule has 3 nitrogen and oxygen atoms in total. The van der Waals surface area contributed by atoms with Crippen molar-refractivity contribution >= 4 is 17.7 Å². The first-order valence-electron chi connectivity index (χ1n) is 10.4. The van der Waals surface area contributed by atoms with Crippen LogP contribution in [0.2, 0.25) is 0 Å². The molecule has 0 bridgehead atoms. The zero-order valence-electron chi connectivity index (χ0n) is 16.9. The van der Waals surface area contributed by atoms with E-state index in [0.29, 0.717) is 11.5 Å². The predicted octanol–water partition coefficient (Wildman–Crippen LogP) is 5.07. The first-order chi connectivity index (χ1) is 14.6. The quantitative estimate of drug-likeness (QED) is 0.602. The van der Waals surface area contributed by atoms with Crippen LogP contribution in [-0.2, 0) is 24.1 Å². The fourth-order valence-electron chi connectivity index (χ4n) is 4.30. The minimum Gasteiger partial charge on any atom is -0.478 e. The molecule has 1 heterocycles. The number of hydrogen-bond acceptors (Lipinski definition) is 3. The summed E-state index contributed by atoms with van der Waals surface area (Å²) in [4.78, 5) is 14.1. The van der Waals surface area contributed by atoms with Gasteiger partial charge in [-0.05, 0) is 72.3 Å². The fraction of sp³-hybridized carbons (Fsp3) is 0.320. The number of halogens is 1. The molecule has 30 heavy (non-hydrogen) atoms. The molecule has 0 saturated heterocycles. The zero-order chi connectivity index (χ0) is 20.9. The van der Waals surface area contributed by atoms with Gasteiger partial charge in [0.2, 0.25) is 0 Å². The highest BCUT2D eigenvalue weighted by atomic mass is 32.2. The van der Waals surface area contributed by atoms with E-state index < -0.39 is 5.97 Å². The first-order valence-corrected chi connectivity index (χ1v) is 11.4. The van der Waals surface area contributed by atoms with Gasteiger partial charge in [0.1, 0.15) is 5.82 Å². The Morgan fingerprint density at radius 2 is 1.80 bits per heavy atom. The molecule has 0 aromatic heterocycles. The van der Waals surface area contributed by atoms with Crippen LogP contribution in [0.1, 0.15) is 23.1 Å². The summed E-state index contributed by atoms with van der Waals surface area (Å²) in [6.45, 7) is 1.63. The Hall–Kier alpha value is -2.53. The molecule has 0 radical (unpaired) electrons. The van der Waals surface area contributed by atoms with Crippen LogP contribution in [0.4, 0.5) is 4.39 Å². The second kappa shape index (κ2) is 9.52. The number of fused-ring (bicyclic) bond motifs is 1. The Labute approximate surface area is 181 Å². The summed E-state index contributed by atoms with van der Waals surface area (Å²) >= 11 is 1.63. The lowest BCUT2D eigenvalue weighted by Gasteiger charge is -2.31. The number of aliphatic carboxylic acids is 1. The van der Waals surface area contributed by atoms with Gasteiger partial charge < -0.3 is 10.0 Å². The lowest BCUT2D eigenvalue weighted by molar-refractivity contribution is -0.132. The minimum atomic E-state index is -0.869. The summed E-state index contributed by atoms with van der Waals surface area (Å²) < 4.78 is 13.1. The highest BCUT2D eigenvalue weighted by Crippen LogP contribution is 2.33. The highest BCUT2D eigenvalue weighted by molar-refractivity contribution is 8.03. The maximum atomic E-state index is 13.1. The van der Waals surface area contributed by atoms with E-state index in [-0.39, 0.29) is 5.82 Å². The van der Waals surface area contributed by atoms with Crippen LogP contribution in [0.5, 0.6) is 0 Å². The standard InChI is InChI=1S/C25H26FNO2S/c26-22-11-9-18(10-12-22)5-4-14-30-24-23(25(28)29)8-3-13-27(24)17-19-15-20-6-1-2-7-21(20)16-19/h1-3,6-12,19H,4-5,13-17H2,(H,28,29). The van der Waals surface area contributed by atoms with Crippen LogP contribution in [0.15, 0.2) is 71.3 Å². The second-order valence-corrected chi connectivity index (χ2v) is 9.04. The van der Waals surface area contributed by atoms with Crippen molar-refractivity contribution in [1.29, 1.82) is 0 Å². The van der Waals surface area contributed by atoms with Gasteiger partial charge in [-0.2, -0.15) is 0 Å². The van der Waals surface area contributed by atoms with E-state index in [0.717, 1.165) is 55.1 Å². The van der Waals surface area contributed by atoms with Gasteiger partial charge in [-0.15, -0.1) is 11.8 Å². The molecule has 0 spiro atoms. The Balaban J connectivity index is 1.38. The van der Waals surface area contributed by atoms with Gasteiger partial charge in [0.05, 0.1) is 10.6 Å². The van der Waals surface area contributed by atoms with E-state index >= 15 is 0 Å². The van der Waals surface area contributed by atoms with Crippen LogP contribution in [-0.4, -0.2) is 34.8 Å². The number of carboxylic acid groups (broad SMARTS) is 1. The van der Waals surface area contributed by atoms with Gasteiger partial charge in [-0.1, -0.05) is 42.5 Å². The molecule has 0 atom stereocenters. The molecule has 0 amide bonds. The number of hydrogen-bond donors (Lipinski definition) is 1. The molecule has 2 aromatic carbocycles. The van der Waals surface area contributed by atoms with E-state index in [1.807, 2.05) is 18.2 Å². The van der Waals surface area contributed by atoms with Gasteiger partial charge in [0.15, 0.2) is 0 Å². The first kappa shape index (κ1) is 20.7. The zero-order valence-corrected chi connectivity index (χ0v) is 17.7. The topological polar surface area (TPSA) is 40.5 Å². The van der Waals surface area contributed by atoms with E-state index in [2.05, 4.69) is 29.2 Å². The van der Waals surface area contributed by atoms with Crippen molar-refractivity contribution in [3.05, 3.63) is 93.8 Å². The summed E-state index contributed by atoms with van der Waals surface area (Å²) in [5.74, 6) is 0.257. The van der Waals surface area contributed by atoms with Crippen molar-refractivity contribution in [3.63, 3.8) is 0 Å². The number of thioether (sulfide) groups is 1. The number of nitrogens with zero attached hydrogens (tertiary/aromatic N) is 1. The third-order valence-electron chi connectivity index (χ3n) is 5.73. The fourth-order valence-corrected chi connectivity index (χ4v) is 5.42. The minimum absolute atomic E-state index is 0.219. The molecule has 1 N–H and O–H groups in total. The van der Waals surface area contributed by atoms with Crippen molar-refractivity contribution in [2.75, 3.05) is 18.8 Å². The average molecular weight is 424 g/mol. The Kier molecular flexibility index (Phi) is 6.58. The van der Waals surface area contributed by atoms with E-state index in [9.17, 15) is 14.3 Å². The summed E-state index contributed by atoms with van der Waals surface area (Å²) in [7, 11) is 0. The van der Waals surface area contributed by atoms with E-state index in [1.54, 1.807) is 17.8 Å². The van der Waals surface area contributed by atoms with Crippen molar-refractivity contribution in [3.8, 4) is 0 Å². The molecular formula is C25H26FNO2S. The number of rotatable bonds is 8. The normalized spacial score (nSPS) is 16.2. The van der Waals surface area contributed by atoms with Crippen LogP contribution in [0.25, 0.3) is 0 Å². The van der Waals surface area contributed by atoms with Gasteiger partial charge in [-0.3, -0.25) is 0 Å². The summed E-state index contributed by atoms with van der Waals surface area (Å²) in [6, 6.07) is 15.2. The van der Waals surface area contributed by atoms with Gasteiger partial charge in [0, 0.05) is 13.1 Å². The number of carbonyl (C=O) groups is 1. The van der Waals surface area contributed by atoms with Crippen LogP contribution in [0.3, 0.4) is 0 Å². The summed E-state index contributed by atoms with van der Waals surface area (Å²) in [5.41, 5.74) is 4.34. The maximum Gasteiger partial charge on any atom is 0.338 e. The molecule has 156 valence electrons. The van der Waals surface area contributed by atoms with Gasteiger partial charge in [-0.25, -0.2) is 9.18 Å². The van der Waals surface area contributed by atoms with Crippen molar-refractivity contribution in [2.24, 2.45) is 5.92 Å².